The molecule has 2 fully saturated rings. The van der Waals surface area contributed by atoms with E-state index in [9.17, 15) is 9.90 Å². The number of carbonyl (C=O) groups is 1. The number of benzene rings is 2. The summed E-state index contributed by atoms with van der Waals surface area (Å²) in [5.41, 5.74) is 4.77. The second kappa shape index (κ2) is 9.31. The Bertz CT molecular complexity index is 1200. The molecule has 0 bridgehead atoms. The minimum atomic E-state index is -0.974. The van der Waals surface area contributed by atoms with Gasteiger partial charge < -0.3 is 19.6 Å². The van der Waals surface area contributed by atoms with Gasteiger partial charge in [0.15, 0.2) is 0 Å². The summed E-state index contributed by atoms with van der Waals surface area (Å²) in [6.07, 6.45) is 4.65. The minimum Gasteiger partial charge on any atom is -0.496 e. The quantitative estimate of drug-likeness (QED) is 0.514. The van der Waals surface area contributed by atoms with E-state index < -0.39 is 5.97 Å². The fourth-order valence-corrected chi connectivity index (χ4v) is 5.29. The highest BCUT2D eigenvalue weighted by Gasteiger charge is 2.33. The summed E-state index contributed by atoms with van der Waals surface area (Å²) < 4.78 is 11.3. The predicted octanol–water partition coefficient (Wildman–Crippen LogP) is 4.46. The van der Waals surface area contributed by atoms with Crippen LogP contribution in [0, 0.1) is 12.8 Å². The van der Waals surface area contributed by atoms with E-state index in [1.54, 1.807) is 13.2 Å². The van der Waals surface area contributed by atoms with E-state index in [1.807, 2.05) is 18.3 Å². The number of aromatic carboxylic acids is 1. The molecule has 0 radical (unpaired) electrons. The minimum absolute atomic E-state index is 0.129. The number of ether oxygens (including phenoxy) is 2. The van der Waals surface area contributed by atoms with Gasteiger partial charge in [-0.05, 0) is 61.1 Å². The molecule has 1 aromatic heterocycles. The van der Waals surface area contributed by atoms with Gasteiger partial charge in [0.1, 0.15) is 17.1 Å². The first-order valence-corrected chi connectivity index (χ1v) is 12.0. The van der Waals surface area contributed by atoms with Crippen LogP contribution in [0.25, 0.3) is 10.9 Å². The van der Waals surface area contributed by atoms with Crippen molar-refractivity contribution in [2.75, 3.05) is 40.4 Å². The number of rotatable bonds is 8. The second-order valence-corrected chi connectivity index (χ2v) is 9.59. The van der Waals surface area contributed by atoms with Gasteiger partial charge in [0.2, 0.25) is 0 Å². The van der Waals surface area contributed by atoms with E-state index in [2.05, 4.69) is 33.8 Å². The van der Waals surface area contributed by atoms with Gasteiger partial charge in [-0.15, -0.1) is 0 Å². The maximum absolute atomic E-state index is 11.6. The summed E-state index contributed by atoms with van der Waals surface area (Å²) >= 11 is 0. The Kier molecular flexibility index (Phi) is 6.23. The van der Waals surface area contributed by atoms with Crippen molar-refractivity contribution in [3.63, 3.8) is 0 Å². The first-order chi connectivity index (χ1) is 16.5. The van der Waals surface area contributed by atoms with Crippen molar-refractivity contribution in [2.24, 2.45) is 5.92 Å². The first kappa shape index (κ1) is 22.7. The van der Waals surface area contributed by atoms with Crippen LogP contribution >= 0.6 is 0 Å². The molecule has 0 spiro atoms. The van der Waals surface area contributed by atoms with Gasteiger partial charge in [0.25, 0.3) is 0 Å². The summed E-state index contributed by atoms with van der Waals surface area (Å²) in [6, 6.07) is 9.89. The molecule has 1 atom stereocenters. The Morgan fingerprint density at radius 3 is 2.62 bits per heavy atom. The number of carboxylic acids is 1. The molecule has 34 heavy (non-hydrogen) atoms. The summed E-state index contributed by atoms with van der Waals surface area (Å²) in [6.45, 7) is 6.87. The SMILES string of the molecule is COc1cc([C@@H]2CN(CC3CC3)CCN2Cc2c(OC)cc(C)c3[nH]ccc23)ccc1C(=O)O. The van der Waals surface area contributed by atoms with Crippen LogP contribution in [0.15, 0.2) is 36.5 Å². The molecule has 7 nitrogen and oxygen atoms in total. The molecule has 2 aromatic carbocycles. The van der Waals surface area contributed by atoms with E-state index in [0.29, 0.717) is 5.75 Å². The highest BCUT2D eigenvalue weighted by Crippen LogP contribution is 2.37. The molecule has 2 heterocycles. The molecule has 2 N–H and O–H groups in total. The van der Waals surface area contributed by atoms with Gasteiger partial charge in [0, 0.05) is 61.4 Å². The van der Waals surface area contributed by atoms with Crippen LogP contribution in [-0.4, -0.2) is 66.3 Å². The molecule has 7 heteroatoms. The van der Waals surface area contributed by atoms with Crippen molar-refractivity contribution >= 4 is 16.9 Å². The largest absolute Gasteiger partial charge is 0.496 e. The number of aryl methyl sites for hydroxylation is 1. The molecule has 1 saturated heterocycles. The molecule has 0 amide bonds. The van der Waals surface area contributed by atoms with Crippen LogP contribution in [-0.2, 0) is 6.54 Å². The lowest BCUT2D eigenvalue weighted by Crippen LogP contribution is -2.48. The van der Waals surface area contributed by atoms with Crippen LogP contribution in [0.1, 0.15) is 45.9 Å². The predicted molar refractivity (Wildman–Crippen MR) is 132 cm³/mol. The number of carboxylic acid groups (broad SMARTS) is 1. The fourth-order valence-electron chi connectivity index (χ4n) is 5.29. The van der Waals surface area contributed by atoms with Crippen LogP contribution in [0.5, 0.6) is 11.5 Å². The van der Waals surface area contributed by atoms with Gasteiger partial charge in [-0.2, -0.15) is 0 Å². The highest BCUT2D eigenvalue weighted by atomic mass is 16.5. The summed E-state index contributed by atoms with van der Waals surface area (Å²) in [5, 5.41) is 10.7. The van der Waals surface area contributed by atoms with Crippen molar-refractivity contribution in [2.45, 2.75) is 32.4 Å². The third kappa shape index (κ3) is 4.38. The van der Waals surface area contributed by atoms with Crippen molar-refractivity contribution in [1.82, 2.24) is 14.8 Å². The second-order valence-electron chi connectivity index (χ2n) is 9.59. The van der Waals surface area contributed by atoms with Gasteiger partial charge in [-0.1, -0.05) is 6.07 Å². The van der Waals surface area contributed by atoms with Gasteiger partial charge >= 0.3 is 5.97 Å². The zero-order chi connectivity index (χ0) is 23.8. The Hall–Kier alpha value is -3.03. The van der Waals surface area contributed by atoms with Gasteiger partial charge in [0.05, 0.1) is 14.2 Å². The zero-order valence-corrected chi connectivity index (χ0v) is 20.1. The van der Waals surface area contributed by atoms with E-state index in [0.717, 1.165) is 55.5 Å². The topological polar surface area (TPSA) is 78.0 Å². The molecule has 5 rings (SSSR count). The zero-order valence-electron chi connectivity index (χ0n) is 20.1. The average molecular weight is 464 g/mol. The van der Waals surface area contributed by atoms with Crippen molar-refractivity contribution in [1.29, 1.82) is 0 Å². The van der Waals surface area contributed by atoms with Crippen LogP contribution < -0.4 is 9.47 Å². The number of piperazine rings is 1. The molecule has 0 unspecified atom stereocenters. The molecule has 180 valence electrons. The monoisotopic (exact) mass is 463 g/mol. The molecule has 1 saturated carbocycles. The van der Waals surface area contributed by atoms with Gasteiger partial charge in [-0.25, -0.2) is 4.79 Å². The maximum atomic E-state index is 11.6. The van der Waals surface area contributed by atoms with Crippen molar-refractivity contribution in [3.05, 3.63) is 58.8 Å². The summed E-state index contributed by atoms with van der Waals surface area (Å²) in [5.74, 6) is 1.17. The van der Waals surface area contributed by atoms with E-state index in [-0.39, 0.29) is 11.6 Å². The number of hydrogen-bond donors (Lipinski definition) is 2. The van der Waals surface area contributed by atoms with Crippen LogP contribution in [0.4, 0.5) is 0 Å². The number of aromatic amines is 1. The molecule has 1 aliphatic carbocycles. The number of nitrogens with zero attached hydrogens (tertiary/aromatic N) is 2. The van der Waals surface area contributed by atoms with Crippen molar-refractivity contribution in [3.8, 4) is 11.5 Å². The van der Waals surface area contributed by atoms with Gasteiger partial charge in [-0.3, -0.25) is 9.80 Å². The molecular formula is C27H33N3O4. The Morgan fingerprint density at radius 1 is 1.12 bits per heavy atom. The average Bonchev–Trinajstić information content (AvgIpc) is 3.51. The number of fused-ring (bicyclic) bond motifs is 1. The van der Waals surface area contributed by atoms with Crippen LogP contribution in [0.2, 0.25) is 0 Å². The number of hydrogen-bond acceptors (Lipinski definition) is 5. The van der Waals surface area contributed by atoms with E-state index in [1.165, 1.54) is 36.5 Å². The normalized spacial score (nSPS) is 19.4. The Labute approximate surface area is 200 Å². The number of nitrogens with one attached hydrogen (secondary N) is 1. The number of aromatic nitrogens is 1. The lowest BCUT2D eigenvalue weighted by atomic mass is 9.97. The number of H-pyrrole nitrogens is 1. The Morgan fingerprint density at radius 2 is 1.91 bits per heavy atom. The molecule has 2 aliphatic rings. The molecular weight excluding hydrogens is 430 g/mol. The standard InChI is InChI=1S/C27H33N3O4/c1-17-12-24(33-2)22(20-8-9-28-26(17)20)15-30-11-10-29(14-18-4-5-18)16-23(30)19-6-7-21(27(31)32)25(13-19)34-3/h6-9,12-13,18,23,28H,4-5,10-11,14-16H2,1-3H3,(H,31,32)/t23-/m0/s1. The third-order valence-corrected chi connectivity index (χ3v) is 7.32. The molecule has 3 aromatic rings. The van der Waals surface area contributed by atoms with E-state index in [4.69, 9.17) is 9.47 Å². The first-order valence-electron chi connectivity index (χ1n) is 12.0. The molecule has 1 aliphatic heterocycles. The summed E-state index contributed by atoms with van der Waals surface area (Å²) in [7, 11) is 3.26. The lowest BCUT2D eigenvalue weighted by Gasteiger charge is -2.42. The maximum Gasteiger partial charge on any atom is 0.339 e. The number of methoxy groups -OCH3 is 2. The van der Waals surface area contributed by atoms with E-state index >= 15 is 0 Å². The highest BCUT2D eigenvalue weighted by molar-refractivity contribution is 5.91. The van der Waals surface area contributed by atoms with Crippen molar-refractivity contribution < 1.29 is 19.4 Å². The summed E-state index contributed by atoms with van der Waals surface area (Å²) in [4.78, 5) is 20.1. The smallest absolute Gasteiger partial charge is 0.339 e. The Balaban J connectivity index is 1.51. The third-order valence-electron chi connectivity index (χ3n) is 7.32. The lowest BCUT2D eigenvalue weighted by molar-refractivity contribution is 0.0647. The van der Waals surface area contributed by atoms with Crippen LogP contribution in [0.3, 0.4) is 0 Å². The fraction of sp³-hybridized carbons (Fsp3) is 0.444.